The Morgan fingerprint density at radius 2 is 2.22 bits per heavy atom. The first kappa shape index (κ1) is 13.9. The monoisotopic (exact) mass is 289 g/mol. The van der Waals surface area contributed by atoms with Crippen LogP contribution in [0.2, 0.25) is 0 Å². The van der Waals surface area contributed by atoms with Crippen LogP contribution in [0.3, 0.4) is 0 Å². The predicted octanol–water partition coefficient (Wildman–Crippen LogP) is 0.982. The molecule has 0 amide bonds. The molecule has 0 aliphatic carbocycles. The van der Waals surface area contributed by atoms with Crippen LogP contribution in [0.1, 0.15) is 35.7 Å². The van der Waals surface area contributed by atoms with Crippen LogP contribution < -0.4 is 5.32 Å². The van der Waals surface area contributed by atoms with E-state index in [1.165, 1.54) is 0 Å². The van der Waals surface area contributed by atoms with Crippen LogP contribution >= 0.6 is 11.3 Å². The second kappa shape index (κ2) is 6.08. The summed E-state index contributed by atoms with van der Waals surface area (Å²) in [5.74, 6) is 0.616. The Morgan fingerprint density at radius 3 is 2.89 bits per heavy atom. The maximum absolute atomic E-state index is 11.4. The summed E-state index contributed by atoms with van der Waals surface area (Å²) < 4.78 is 22.8. The predicted molar refractivity (Wildman–Crippen MR) is 72.8 cm³/mol. The van der Waals surface area contributed by atoms with E-state index in [2.05, 4.69) is 22.4 Å². The average molecular weight is 289 g/mol. The van der Waals surface area contributed by atoms with Crippen LogP contribution in [0.25, 0.3) is 0 Å². The normalized spacial score (nSPS) is 22.4. The molecule has 1 aromatic heterocycles. The van der Waals surface area contributed by atoms with E-state index in [4.69, 9.17) is 0 Å². The molecule has 1 fully saturated rings. The molecule has 1 saturated heterocycles. The summed E-state index contributed by atoms with van der Waals surface area (Å²) in [6.45, 7) is 4.06. The smallest absolute Gasteiger partial charge is 0.151 e. The lowest BCUT2D eigenvalue weighted by atomic mass is 10.1. The van der Waals surface area contributed by atoms with Gasteiger partial charge in [0.1, 0.15) is 10.0 Å². The molecule has 0 aromatic carbocycles. The van der Waals surface area contributed by atoms with Crippen LogP contribution in [0, 0.1) is 0 Å². The minimum Gasteiger partial charge on any atom is -0.316 e. The number of sulfone groups is 1. The zero-order chi connectivity index (χ0) is 13.0. The highest BCUT2D eigenvalue weighted by Gasteiger charge is 2.31. The summed E-state index contributed by atoms with van der Waals surface area (Å²) in [6.07, 6.45) is 2.70. The third-order valence-electron chi connectivity index (χ3n) is 3.01. The van der Waals surface area contributed by atoms with E-state index in [0.29, 0.717) is 12.2 Å². The SMILES string of the molecule is CCCNCCc1nnc(C2CCS(=O)(=O)C2)s1. The van der Waals surface area contributed by atoms with Crippen LogP contribution in [0.4, 0.5) is 0 Å². The Morgan fingerprint density at radius 1 is 1.39 bits per heavy atom. The maximum Gasteiger partial charge on any atom is 0.151 e. The molecule has 5 nitrogen and oxygen atoms in total. The fraction of sp³-hybridized carbons (Fsp3) is 0.818. The van der Waals surface area contributed by atoms with Gasteiger partial charge in [-0.05, 0) is 19.4 Å². The highest BCUT2D eigenvalue weighted by Crippen LogP contribution is 2.30. The fourth-order valence-electron chi connectivity index (χ4n) is 2.02. The molecule has 1 aliphatic rings. The highest BCUT2D eigenvalue weighted by atomic mass is 32.2. The third-order valence-corrected chi connectivity index (χ3v) is 5.92. The van der Waals surface area contributed by atoms with E-state index < -0.39 is 9.84 Å². The third kappa shape index (κ3) is 3.73. The minimum atomic E-state index is -2.83. The Hall–Kier alpha value is -0.530. The van der Waals surface area contributed by atoms with Crippen molar-refractivity contribution in [2.75, 3.05) is 24.6 Å². The van der Waals surface area contributed by atoms with Gasteiger partial charge in [-0.3, -0.25) is 0 Å². The molecule has 2 heterocycles. The number of rotatable bonds is 6. The highest BCUT2D eigenvalue weighted by molar-refractivity contribution is 7.91. The van der Waals surface area contributed by atoms with Crippen LogP contribution in [-0.4, -0.2) is 43.2 Å². The summed E-state index contributed by atoms with van der Waals surface area (Å²) in [5, 5.41) is 13.5. The van der Waals surface area contributed by atoms with Crippen molar-refractivity contribution in [2.45, 2.75) is 32.1 Å². The molecule has 102 valence electrons. The number of hydrogen-bond donors (Lipinski definition) is 1. The molecule has 1 atom stereocenters. The van der Waals surface area contributed by atoms with Gasteiger partial charge in [0, 0.05) is 18.9 Å². The molecule has 1 aromatic rings. The number of hydrogen-bond acceptors (Lipinski definition) is 6. The van der Waals surface area contributed by atoms with Crippen LogP contribution in [0.5, 0.6) is 0 Å². The summed E-state index contributed by atoms with van der Waals surface area (Å²) >= 11 is 1.56. The topological polar surface area (TPSA) is 72.0 Å². The summed E-state index contributed by atoms with van der Waals surface area (Å²) in [7, 11) is -2.83. The van der Waals surface area contributed by atoms with Gasteiger partial charge in [-0.2, -0.15) is 0 Å². The van der Waals surface area contributed by atoms with Gasteiger partial charge in [0.25, 0.3) is 0 Å². The standard InChI is InChI=1S/C11H19N3O2S2/c1-2-5-12-6-3-10-13-14-11(17-10)9-4-7-18(15,16)8-9/h9,12H,2-8H2,1H3. The number of nitrogens with zero attached hydrogens (tertiary/aromatic N) is 2. The van der Waals surface area contributed by atoms with Crippen molar-refractivity contribution >= 4 is 21.2 Å². The van der Waals surface area contributed by atoms with E-state index in [1.807, 2.05) is 0 Å². The molecule has 0 bridgehead atoms. The molecular weight excluding hydrogens is 270 g/mol. The Balaban J connectivity index is 1.86. The van der Waals surface area contributed by atoms with Crippen molar-refractivity contribution in [3.63, 3.8) is 0 Å². The van der Waals surface area contributed by atoms with E-state index in [0.717, 1.165) is 35.9 Å². The molecule has 7 heteroatoms. The van der Waals surface area contributed by atoms with Crippen molar-refractivity contribution in [3.05, 3.63) is 10.0 Å². The molecular formula is C11H19N3O2S2. The number of nitrogens with one attached hydrogen (secondary N) is 1. The molecule has 1 aliphatic heterocycles. The van der Waals surface area contributed by atoms with Crippen molar-refractivity contribution in [3.8, 4) is 0 Å². The lowest BCUT2D eigenvalue weighted by Gasteiger charge is -2.00. The van der Waals surface area contributed by atoms with Crippen LogP contribution in [-0.2, 0) is 16.3 Å². The minimum absolute atomic E-state index is 0.0739. The largest absolute Gasteiger partial charge is 0.316 e. The quantitative estimate of drug-likeness (QED) is 0.791. The Kier molecular flexibility index (Phi) is 4.69. The first-order valence-electron chi connectivity index (χ1n) is 6.34. The van der Waals surface area contributed by atoms with Gasteiger partial charge in [-0.15, -0.1) is 21.5 Å². The van der Waals surface area contributed by atoms with E-state index in [1.54, 1.807) is 11.3 Å². The van der Waals surface area contributed by atoms with E-state index in [-0.39, 0.29) is 11.7 Å². The average Bonchev–Trinajstić information content (AvgIpc) is 2.91. The van der Waals surface area contributed by atoms with Gasteiger partial charge in [0.2, 0.25) is 0 Å². The first-order chi connectivity index (χ1) is 8.61. The molecule has 0 spiro atoms. The molecule has 1 N–H and O–H groups in total. The van der Waals surface area contributed by atoms with E-state index >= 15 is 0 Å². The van der Waals surface area contributed by atoms with Crippen molar-refractivity contribution < 1.29 is 8.42 Å². The summed E-state index contributed by atoms with van der Waals surface area (Å²) in [4.78, 5) is 0. The summed E-state index contributed by atoms with van der Waals surface area (Å²) in [5.41, 5.74) is 0. The Labute approximate surface area is 112 Å². The Bertz CT molecular complexity index is 484. The zero-order valence-corrected chi connectivity index (χ0v) is 12.2. The second-order valence-corrected chi connectivity index (χ2v) is 7.96. The molecule has 18 heavy (non-hydrogen) atoms. The zero-order valence-electron chi connectivity index (χ0n) is 10.6. The molecule has 2 rings (SSSR count). The number of aromatic nitrogens is 2. The second-order valence-electron chi connectivity index (χ2n) is 4.63. The first-order valence-corrected chi connectivity index (χ1v) is 8.98. The molecule has 1 unspecified atom stereocenters. The van der Waals surface area contributed by atoms with Gasteiger partial charge >= 0.3 is 0 Å². The van der Waals surface area contributed by atoms with Crippen molar-refractivity contribution in [1.82, 2.24) is 15.5 Å². The molecule has 0 saturated carbocycles. The molecule has 0 radical (unpaired) electrons. The van der Waals surface area contributed by atoms with Crippen molar-refractivity contribution in [1.29, 1.82) is 0 Å². The van der Waals surface area contributed by atoms with Crippen LogP contribution in [0.15, 0.2) is 0 Å². The van der Waals surface area contributed by atoms with Gasteiger partial charge in [-0.25, -0.2) is 8.42 Å². The fourth-order valence-corrected chi connectivity index (χ4v) is 4.85. The van der Waals surface area contributed by atoms with Gasteiger partial charge in [-0.1, -0.05) is 6.92 Å². The van der Waals surface area contributed by atoms with Gasteiger partial charge < -0.3 is 5.32 Å². The summed E-state index contributed by atoms with van der Waals surface area (Å²) in [6, 6.07) is 0. The van der Waals surface area contributed by atoms with E-state index in [9.17, 15) is 8.42 Å². The maximum atomic E-state index is 11.4. The lowest BCUT2D eigenvalue weighted by molar-refractivity contribution is 0.601. The lowest BCUT2D eigenvalue weighted by Crippen LogP contribution is -2.17. The van der Waals surface area contributed by atoms with Gasteiger partial charge in [0.15, 0.2) is 9.84 Å². The van der Waals surface area contributed by atoms with Crippen molar-refractivity contribution in [2.24, 2.45) is 0 Å². The van der Waals surface area contributed by atoms with Gasteiger partial charge in [0.05, 0.1) is 11.5 Å².